The summed E-state index contributed by atoms with van der Waals surface area (Å²) in [7, 11) is 0. The van der Waals surface area contributed by atoms with Crippen LogP contribution in [0.5, 0.6) is 0 Å². The molecule has 1 heterocycles. The summed E-state index contributed by atoms with van der Waals surface area (Å²) in [6.45, 7) is 2.09. The molecule has 0 aliphatic heterocycles. The summed E-state index contributed by atoms with van der Waals surface area (Å²) in [5.74, 6) is 6.07. The van der Waals surface area contributed by atoms with Crippen LogP contribution in [0.15, 0.2) is 54.7 Å². The summed E-state index contributed by atoms with van der Waals surface area (Å²) < 4.78 is 0. The van der Waals surface area contributed by atoms with E-state index in [0.717, 1.165) is 18.4 Å². The number of aliphatic hydroxyl groups is 1. The molecule has 0 amide bonds. The lowest BCUT2D eigenvalue weighted by Crippen LogP contribution is -2.25. The second-order valence-corrected chi connectivity index (χ2v) is 6.17. The maximum atomic E-state index is 11.5. The van der Waals surface area contributed by atoms with Gasteiger partial charge in [0, 0.05) is 46.8 Å². The van der Waals surface area contributed by atoms with Gasteiger partial charge in [-0.1, -0.05) is 55.5 Å². The maximum absolute atomic E-state index is 11.5. The molecule has 3 aromatic rings. The highest BCUT2D eigenvalue weighted by Gasteiger charge is 2.32. The van der Waals surface area contributed by atoms with Gasteiger partial charge in [-0.05, 0) is 12.5 Å². The molecule has 132 valence electrons. The third-order valence-electron chi connectivity index (χ3n) is 4.38. The Kier molecular flexibility index (Phi) is 5.06. The highest BCUT2D eigenvalue weighted by molar-refractivity contribution is 5.87. The minimum Gasteiger partial charge on any atom is -0.369 e. The molecule has 0 saturated carbocycles. The number of fused-ring (bicyclic) bond motifs is 1. The molecule has 0 spiro atoms. The normalized spacial score (nSPS) is 13.0. The van der Waals surface area contributed by atoms with E-state index in [4.69, 9.17) is 0 Å². The van der Waals surface area contributed by atoms with E-state index in [0.29, 0.717) is 22.9 Å². The molecule has 0 fully saturated rings. The number of aromatic amines is 1. The lowest BCUT2D eigenvalue weighted by atomic mass is 9.86. The van der Waals surface area contributed by atoms with Crippen molar-refractivity contribution in [3.63, 3.8) is 0 Å². The minimum atomic E-state index is -1.54. The number of nitro groups is 1. The van der Waals surface area contributed by atoms with Crippen LogP contribution in [-0.2, 0) is 5.60 Å². The first-order valence-electron chi connectivity index (χ1n) is 8.60. The number of nitro benzene ring substituents is 1. The summed E-state index contributed by atoms with van der Waals surface area (Å²) in [6.07, 6.45) is 4.35. The first-order chi connectivity index (χ1) is 12.6. The molecule has 0 aliphatic carbocycles. The van der Waals surface area contributed by atoms with Crippen LogP contribution in [-0.4, -0.2) is 15.0 Å². The number of unbranched alkanes of at least 4 members (excludes halogenated alkanes) is 2. The van der Waals surface area contributed by atoms with E-state index >= 15 is 0 Å². The van der Waals surface area contributed by atoms with Gasteiger partial charge in [0.2, 0.25) is 0 Å². The Morgan fingerprint density at radius 2 is 2.00 bits per heavy atom. The van der Waals surface area contributed by atoms with Gasteiger partial charge in [-0.2, -0.15) is 0 Å². The monoisotopic (exact) mass is 348 g/mol. The minimum absolute atomic E-state index is 0.0206. The number of benzene rings is 2. The first kappa shape index (κ1) is 17.7. The van der Waals surface area contributed by atoms with Crippen molar-refractivity contribution in [2.24, 2.45) is 0 Å². The molecule has 0 aliphatic rings. The molecule has 5 nitrogen and oxygen atoms in total. The highest BCUT2D eigenvalue weighted by Crippen LogP contribution is 2.35. The van der Waals surface area contributed by atoms with Crippen LogP contribution in [0.1, 0.15) is 37.3 Å². The zero-order valence-corrected chi connectivity index (χ0v) is 14.5. The van der Waals surface area contributed by atoms with Gasteiger partial charge >= 0.3 is 0 Å². The van der Waals surface area contributed by atoms with Crippen LogP contribution >= 0.6 is 0 Å². The van der Waals surface area contributed by atoms with Crippen LogP contribution in [0.25, 0.3) is 10.9 Å². The van der Waals surface area contributed by atoms with Gasteiger partial charge in [-0.15, -0.1) is 0 Å². The standard InChI is InChI=1S/C21H20N2O3/c1-2-3-4-8-13-21(24,16-9-6-5-7-10-16)19-15-22-20-12-11-17(23(25)26)14-18(19)20/h5-7,9-12,14-15,22,24H,2-4H2,1H3. The fourth-order valence-corrected chi connectivity index (χ4v) is 2.95. The number of hydrogen-bond donors (Lipinski definition) is 2. The summed E-state index contributed by atoms with van der Waals surface area (Å²) >= 11 is 0. The van der Waals surface area contributed by atoms with E-state index in [1.165, 1.54) is 12.1 Å². The van der Waals surface area contributed by atoms with E-state index in [1.807, 2.05) is 30.3 Å². The lowest BCUT2D eigenvalue weighted by molar-refractivity contribution is -0.384. The third kappa shape index (κ3) is 3.32. The fourth-order valence-electron chi connectivity index (χ4n) is 2.95. The molecule has 2 N–H and O–H groups in total. The van der Waals surface area contributed by atoms with Crippen LogP contribution in [0.3, 0.4) is 0 Å². The van der Waals surface area contributed by atoms with Gasteiger partial charge in [0.1, 0.15) is 0 Å². The number of aromatic nitrogens is 1. The molecule has 5 heteroatoms. The molecule has 3 rings (SSSR count). The van der Waals surface area contributed by atoms with Crippen LogP contribution in [0.4, 0.5) is 5.69 Å². The van der Waals surface area contributed by atoms with Crippen LogP contribution < -0.4 is 0 Å². The van der Waals surface area contributed by atoms with E-state index in [1.54, 1.807) is 12.3 Å². The Balaban J connectivity index is 2.18. The van der Waals surface area contributed by atoms with E-state index in [9.17, 15) is 15.2 Å². The SMILES string of the molecule is CCCCC#CC(O)(c1ccccc1)c1c[nH]c2ccc([N+](=O)[O-])cc12. The Morgan fingerprint density at radius 3 is 2.69 bits per heavy atom. The van der Waals surface area contributed by atoms with Gasteiger partial charge < -0.3 is 10.1 Å². The second kappa shape index (κ2) is 7.42. The average molecular weight is 348 g/mol. The quantitative estimate of drug-likeness (QED) is 0.308. The van der Waals surface area contributed by atoms with Gasteiger partial charge in [0.05, 0.1) is 4.92 Å². The molecule has 0 bridgehead atoms. The van der Waals surface area contributed by atoms with Gasteiger partial charge in [0.25, 0.3) is 5.69 Å². The Labute approximate surface area is 151 Å². The number of H-pyrrole nitrogens is 1. The number of nitrogens with one attached hydrogen (secondary N) is 1. The average Bonchev–Trinajstić information content (AvgIpc) is 3.09. The molecule has 1 atom stereocenters. The lowest BCUT2D eigenvalue weighted by Gasteiger charge is -2.22. The Morgan fingerprint density at radius 1 is 1.23 bits per heavy atom. The number of rotatable bonds is 5. The Hall–Kier alpha value is -3.10. The second-order valence-electron chi connectivity index (χ2n) is 6.17. The molecule has 26 heavy (non-hydrogen) atoms. The van der Waals surface area contributed by atoms with E-state index < -0.39 is 10.5 Å². The number of non-ortho nitro benzene ring substituents is 1. The summed E-state index contributed by atoms with van der Waals surface area (Å²) in [5.41, 5.74) is 0.313. The van der Waals surface area contributed by atoms with Crippen molar-refractivity contribution in [2.75, 3.05) is 0 Å². The van der Waals surface area contributed by atoms with Crippen molar-refractivity contribution in [2.45, 2.75) is 31.8 Å². The Bertz CT molecular complexity index is 983. The zero-order valence-electron chi connectivity index (χ0n) is 14.5. The summed E-state index contributed by atoms with van der Waals surface area (Å²) in [6, 6.07) is 13.7. The predicted molar refractivity (Wildman–Crippen MR) is 102 cm³/mol. The van der Waals surface area contributed by atoms with Gasteiger partial charge in [-0.25, -0.2) is 0 Å². The predicted octanol–water partition coefficient (Wildman–Crippen LogP) is 4.51. The van der Waals surface area contributed by atoms with Crippen molar-refractivity contribution in [3.8, 4) is 11.8 Å². The summed E-state index contributed by atoms with van der Waals surface area (Å²) in [4.78, 5) is 13.8. The molecule has 0 saturated heterocycles. The first-order valence-corrected chi connectivity index (χ1v) is 8.60. The van der Waals surface area contributed by atoms with Crippen LogP contribution in [0, 0.1) is 22.0 Å². The number of hydrogen-bond acceptors (Lipinski definition) is 3. The molecular formula is C21H20N2O3. The molecule has 2 aromatic carbocycles. The topological polar surface area (TPSA) is 79.2 Å². The third-order valence-corrected chi connectivity index (χ3v) is 4.38. The van der Waals surface area contributed by atoms with E-state index in [2.05, 4.69) is 23.7 Å². The van der Waals surface area contributed by atoms with Gasteiger partial charge in [-0.3, -0.25) is 10.1 Å². The van der Waals surface area contributed by atoms with Gasteiger partial charge in [0.15, 0.2) is 5.60 Å². The fraction of sp³-hybridized carbons (Fsp3) is 0.238. The molecular weight excluding hydrogens is 328 g/mol. The molecule has 1 aromatic heterocycles. The molecule has 1 unspecified atom stereocenters. The largest absolute Gasteiger partial charge is 0.369 e. The van der Waals surface area contributed by atoms with Crippen LogP contribution in [0.2, 0.25) is 0 Å². The maximum Gasteiger partial charge on any atom is 0.270 e. The van der Waals surface area contributed by atoms with Crippen molar-refractivity contribution in [3.05, 3.63) is 76.0 Å². The zero-order chi connectivity index (χ0) is 18.6. The van der Waals surface area contributed by atoms with Crippen molar-refractivity contribution < 1.29 is 10.0 Å². The van der Waals surface area contributed by atoms with Crippen molar-refractivity contribution in [1.82, 2.24) is 4.98 Å². The molecule has 0 radical (unpaired) electrons. The van der Waals surface area contributed by atoms with Crippen molar-refractivity contribution >= 4 is 16.6 Å². The summed E-state index contributed by atoms with van der Waals surface area (Å²) in [5, 5.41) is 23.2. The number of nitrogens with zero attached hydrogens (tertiary/aromatic N) is 1. The highest BCUT2D eigenvalue weighted by atomic mass is 16.6. The smallest absolute Gasteiger partial charge is 0.270 e. The van der Waals surface area contributed by atoms with E-state index in [-0.39, 0.29) is 5.69 Å². The van der Waals surface area contributed by atoms with Crippen molar-refractivity contribution in [1.29, 1.82) is 0 Å².